The first kappa shape index (κ1) is 23.0. The van der Waals surface area contributed by atoms with Crippen LogP contribution in [0.25, 0.3) is 6.08 Å². The van der Waals surface area contributed by atoms with E-state index in [1.807, 2.05) is 32.0 Å². The number of benzene rings is 2. The summed E-state index contributed by atoms with van der Waals surface area (Å²) in [6.07, 6.45) is 5.66. The molecule has 2 aromatic carbocycles. The normalized spacial score (nSPS) is 11.1. The van der Waals surface area contributed by atoms with Gasteiger partial charge in [0.25, 0.3) is 5.91 Å². The number of carbonyl (C=O) groups excluding carboxylic acids is 2. The second kappa shape index (κ2) is 11.1. The molecular formula is C24H21BrN2O5. The summed E-state index contributed by atoms with van der Waals surface area (Å²) in [4.78, 5) is 24.2. The Labute approximate surface area is 193 Å². The summed E-state index contributed by atoms with van der Waals surface area (Å²) in [5.74, 6) is 0.496. The predicted octanol–water partition coefficient (Wildman–Crippen LogP) is 4.81. The molecule has 1 heterocycles. The molecule has 32 heavy (non-hydrogen) atoms. The molecule has 0 saturated carbocycles. The van der Waals surface area contributed by atoms with Crippen molar-refractivity contribution in [2.45, 2.75) is 13.8 Å². The number of hydrogen-bond donors (Lipinski definition) is 1. The molecule has 3 rings (SSSR count). The molecule has 164 valence electrons. The van der Waals surface area contributed by atoms with Crippen molar-refractivity contribution >= 4 is 40.1 Å². The number of halogens is 1. The lowest BCUT2D eigenvalue weighted by Crippen LogP contribution is -2.25. The third-order valence-corrected chi connectivity index (χ3v) is 4.75. The summed E-state index contributed by atoms with van der Waals surface area (Å²) in [6, 6.07) is 14.3. The van der Waals surface area contributed by atoms with E-state index in [0.29, 0.717) is 17.1 Å². The summed E-state index contributed by atoms with van der Waals surface area (Å²) in [5.41, 5.74) is 4.80. The second-order valence-electron chi connectivity index (χ2n) is 6.75. The van der Waals surface area contributed by atoms with Gasteiger partial charge in [0.1, 0.15) is 17.3 Å². The number of nitrogens with one attached hydrogen (secondary N) is 1. The van der Waals surface area contributed by atoms with Crippen LogP contribution < -0.4 is 14.9 Å². The van der Waals surface area contributed by atoms with E-state index in [1.165, 1.54) is 24.6 Å². The molecule has 0 aliphatic rings. The molecule has 8 heteroatoms. The summed E-state index contributed by atoms with van der Waals surface area (Å²) in [7, 11) is 0. The van der Waals surface area contributed by atoms with E-state index in [9.17, 15) is 9.59 Å². The van der Waals surface area contributed by atoms with E-state index in [4.69, 9.17) is 13.9 Å². The zero-order valence-electron chi connectivity index (χ0n) is 17.5. The first-order valence-electron chi connectivity index (χ1n) is 9.66. The third-order valence-electron chi connectivity index (χ3n) is 4.26. The van der Waals surface area contributed by atoms with Gasteiger partial charge in [0.05, 0.1) is 12.5 Å². The molecule has 0 aliphatic carbocycles. The Bertz CT molecular complexity index is 1130. The summed E-state index contributed by atoms with van der Waals surface area (Å²) >= 11 is 3.37. The maximum atomic E-state index is 12.1. The number of ether oxygens (including phenoxy) is 2. The minimum atomic E-state index is -0.579. The van der Waals surface area contributed by atoms with Crippen LogP contribution in [0.5, 0.6) is 11.5 Å². The lowest BCUT2D eigenvalue weighted by molar-refractivity contribution is -0.129. The molecule has 0 fully saturated rings. The highest BCUT2D eigenvalue weighted by molar-refractivity contribution is 9.10. The van der Waals surface area contributed by atoms with E-state index in [1.54, 1.807) is 30.3 Å². The molecule has 0 saturated heterocycles. The van der Waals surface area contributed by atoms with Crippen molar-refractivity contribution in [3.05, 3.63) is 87.8 Å². The number of hydrazone groups is 1. The van der Waals surface area contributed by atoms with E-state index < -0.39 is 11.9 Å². The van der Waals surface area contributed by atoms with E-state index in [0.717, 1.165) is 15.6 Å². The van der Waals surface area contributed by atoms with Gasteiger partial charge >= 0.3 is 5.97 Å². The highest BCUT2D eigenvalue weighted by Crippen LogP contribution is 2.23. The molecule has 0 radical (unpaired) electrons. The number of amides is 1. The van der Waals surface area contributed by atoms with Crippen LogP contribution in [0.2, 0.25) is 0 Å². The molecule has 1 N–H and O–H groups in total. The highest BCUT2D eigenvalue weighted by atomic mass is 79.9. The van der Waals surface area contributed by atoms with Gasteiger partial charge in [-0.15, -0.1) is 0 Å². The minimum absolute atomic E-state index is 0.180. The monoisotopic (exact) mass is 496 g/mol. The summed E-state index contributed by atoms with van der Waals surface area (Å²) in [6.45, 7) is 3.65. The van der Waals surface area contributed by atoms with Gasteiger partial charge in [0.15, 0.2) is 6.61 Å². The van der Waals surface area contributed by atoms with E-state index in [-0.39, 0.29) is 12.4 Å². The van der Waals surface area contributed by atoms with Gasteiger partial charge in [0.2, 0.25) is 0 Å². The van der Waals surface area contributed by atoms with Crippen molar-refractivity contribution < 1.29 is 23.5 Å². The maximum Gasteiger partial charge on any atom is 0.336 e. The van der Waals surface area contributed by atoms with Gasteiger partial charge in [-0.3, -0.25) is 4.79 Å². The number of furan rings is 1. The number of esters is 1. The molecule has 0 bridgehead atoms. The largest absolute Gasteiger partial charge is 0.483 e. The Morgan fingerprint density at radius 1 is 1.12 bits per heavy atom. The number of para-hydroxylation sites is 1. The zero-order valence-corrected chi connectivity index (χ0v) is 19.1. The van der Waals surface area contributed by atoms with Crippen LogP contribution in [0.4, 0.5) is 0 Å². The second-order valence-corrected chi connectivity index (χ2v) is 7.67. The fourth-order valence-corrected chi connectivity index (χ4v) is 3.14. The van der Waals surface area contributed by atoms with Crippen LogP contribution in [0.1, 0.15) is 22.5 Å². The number of aryl methyl sites for hydroxylation is 2. The summed E-state index contributed by atoms with van der Waals surface area (Å²) < 4.78 is 16.9. The van der Waals surface area contributed by atoms with Crippen molar-refractivity contribution in [1.82, 2.24) is 5.43 Å². The molecule has 1 aromatic heterocycles. The Morgan fingerprint density at radius 3 is 2.62 bits per heavy atom. The van der Waals surface area contributed by atoms with Crippen LogP contribution in [-0.4, -0.2) is 24.7 Å². The van der Waals surface area contributed by atoms with E-state index >= 15 is 0 Å². The Hall–Kier alpha value is -3.65. The molecule has 3 aromatic rings. The van der Waals surface area contributed by atoms with Crippen molar-refractivity contribution in [3.8, 4) is 11.5 Å². The van der Waals surface area contributed by atoms with Gasteiger partial charge in [-0.25, -0.2) is 10.2 Å². The number of hydrogen-bond acceptors (Lipinski definition) is 6. The molecule has 0 aliphatic heterocycles. The van der Waals surface area contributed by atoms with Gasteiger partial charge in [0, 0.05) is 16.1 Å². The van der Waals surface area contributed by atoms with Crippen LogP contribution in [0.15, 0.2) is 74.9 Å². The molecule has 1 amide bonds. The molecular weight excluding hydrogens is 476 g/mol. The fourth-order valence-electron chi connectivity index (χ4n) is 2.76. The third kappa shape index (κ3) is 6.68. The maximum absolute atomic E-state index is 12.1. The van der Waals surface area contributed by atoms with Crippen molar-refractivity contribution in [2.24, 2.45) is 5.10 Å². The number of carbonyl (C=O) groups is 2. The smallest absolute Gasteiger partial charge is 0.336 e. The predicted molar refractivity (Wildman–Crippen MR) is 125 cm³/mol. The number of rotatable bonds is 8. The molecule has 0 unspecified atom stereocenters. The zero-order chi connectivity index (χ0) is 22.9. The van der Waals surface area contributed by atoms with Crippen molar-refractivity contribution in [2.75, 3.05) is 6.61 Å². The molecule has 0 spiro atoms. The van der Waals surface area contributed by atoms with Gasteiger partial charge < -0.3 is 13.9 Å². The van der Waals surface area contributed by atoms with Crippen molar-refractivity contribution in [1.29, 1.82) is 0 Å². The van der Waals surface area contributed by atoms with Crippen LogP contribution in [0, 0.1) is 13.8 Å². The van der Waals surface area contributed by atoms with Gasteiger partial charge in [-0.2, -0.15) is 5.10 Å². The lowest BCUT2D eigenvalue weighted by Gasteiger charge is -2.10. The first-order valence-corrected chi connectivity index (χ1v) is 10.5. The van der Waals surface area contributed by atoms with Crippen LogP contribution >= 0.6 is 15.9 Å². The number of nitrogens with zero attached hydrogens (tertiary/aromatic N) is 1. The van der Waals surface area contributed by atoms with Gasteiger partial charge in [-0.05, 0) is 61.4 Å². The van der Waals surface area contributed by atoms with Crippen molar-refractivity contribution in [3.63, 3.8) is 0 Å². The topological polar surface area (TPSA) is 90.1 Å². The van der Waals surface area contributed by atoms with Gasteiger partial charge in [-0.1, -0.05) is 34.1 Å². The van der Waals surface area contributed by atoms with Crippen LogP contribution in [-0.2, 0) is 9.59 Å². The fraction of sp³-hybridized carbons (Fsp3) is 0.125. The SMILES string of the molecule is Cc1cccc(C)c1OCC(=O)N/N=C/c1cc(Br)ccc1OC(=O)/C=C/c1ccco1. The quantitative estimate of drug-likeness (QED) is 0.159. The molecule has 7 nitrogen and oxygen atoms in total. The average Bonchev–Trinajstić information content (AvgIpc) is 3.27. The molecule has 0 atom stereocenters. The van der Waals surface area contributed by atoms with E-state index in [2.05, 4.69) is 26.5 Å². The summed E-state index contributed by atoms with van der Waals surface area (Å²) in [5, 5.41) is 3.94. The first-order chi connectivity index (χ1) is 15.4. The highest BCUT2D eigenvalue weighted by Gasteiger charge is 2.09. The lowest BCUT2D eigenvalue weighted by atomic mass is 10.1. The van der Waals surface area contributed by atoms with Crippen LogP contribution in [0.3, 0.4) is 0 Å². The average molecular weight is 497 g/mol. The standard InChI is InChI=1S/C24H21BrN2O5/c1-16-5-3-6-17(2)24(16)31-15-22(28)27-26-14-18-13-19(25)8-10-21(18)32-23(29)11-9-20-7-4-12-30-20/h3-14H,15H2,1-2H3,(H,27,28)/b11-9+,26-14+. The Kier molecular flexibility index (Phi) is 7.99. The Balaban J connectivity index is 1.59. The Morgan fingerprint density at radius 2 is 1.91 bits per heavy atom. The minimum Gasteiger partial charge on any atom is -0.483 e.